The van der Waals surface area contributed by atoms with E-state index in [0.717, 1.165) is 5.39 Å². The molecule has 0 amide bonds. The Morgan fingerprint density at radius 3 is 2.75 bits per heavy atom. The first-order valence-corrected chi connectivity index (χ1v) is 6.06. The van der Waals surface area contributed by atoms with Crippen LogP contribution >= 0.6 is 0 Å². The quantitative estimate of drug-likeness (QED) is 0.571. The maximum Gasteiger partial charge on any atom is 0.337 e. The van der Waals surface area contributed by atoms with Crippen LogP contribution in [0.5, 0.6) is 0 Å². The highest BCUT2D eigenvalue weighted by Gasteiger charge is 2.19. The van der Waals surface area contributed by atoms with E-state index < -0.39 is 5.97 Å². The van der Waals surface area contributed by atoms with Gasteiger partial charge in [-0.15, -0.1) is 0 Å². The number of aromatic nitrogens is 2. The first-order valence-electron chi connectivity index (χ1n) is 6.06. The van der Waals surface area contributed by atoms with Gasteiger partial charge in [0.1, 0.15) is 0 Å². The zero-order chi connectivity index (χ0) is 13.9. The molecule has 20 heavy (non-hydrogen) atoms. The summed E-state index contributed by atoms with van der Waals surface area (Å²) in [6, 6.07) is 10.3. The number of para-hydroxylation sites is 1. The van der Waals surface area contributed by atoms with E-state index in [1.165, 1.54) is 16.7 Å². The van der Waals surface area contributed by atoms with Gasteiger partial charge in [-0.3, -0.25) is 14.2 Å². The van der Waals surface area contributed by atoms with Gasteiger partial charge >= 0.3 is 5.97 Å². The smallest absolute Gasteiger partial charge is 0.337 e. The molecule has 0 aliphatic carbocycles. The van der Waals surface area contributed by atoms with Gasteiger partial charge in [-0.1, -0.05) is 18.2 Å². The first-order chi connectivity index (χ1) is 9.68. The summed E-state index contributed by atoms with van der Waals surface area (Å²) < 4.78 is 1.53. The Morgan fingerprint density at radius 1 is 1.15 bits per heavy atom. The maximum atomic E-state index is 12.1. The van der Waals surface area contributed by atoms with Crippen molar-refractivity contribution in [1.29, 1.82) is 0 Å². The molecule has 3 aromatic heterocycles. The summed E-state index contributed by atoms with van der Waals surface area (Å²) in [7, 11) is 0. The number of pyridine rings is 2. The van der Waals surface area contributed by atoms with Crippen molar-refractivity contribution in [2.45, 2.75) is 0 Å². The molecule has 0 aliphatic rings. The Hall–Kier alpha value is -2.95. The van der Waals surface area contributed by atoms with Crippen molar-refractivity contribution in [3.05, 3.63) is 58.5 Å². The van der Waals surface area contributed by atoms with Crippen molar-refractivity contribution in [3.63, 3.8) is 0 Å². The summed E-state index contributed by atoms with van der Waals surface area (Å²) in [5.74, 6) is -1.05. The van der Waals surface area contributed by atoms with E-state index in [4.69, 9.17) is 0 Å². The third-order valence-corrected chi connectivity index (χ3v) is 3.55. The van der Waals surface area contributed by atoms with Gasteiger partial charge in [0, 0.05) is 23.0 Å². The van der Waals surface area contributed by atoms with Crippen molar-refractivity contribution < 1.29 is 9.90 Å². The van der Waals surface area contributed by atoms with Gasteiger partial charge in [-0.2, -0.15) is 0 Å². The molecule has 0 radical (unpaired) electrons. The second kappa shape index (κ2) is 3.54. The molecule has 4 rings (SSSR count). The highest BCUT2D eigenvalue weighted by Crippen LogP contribution is 2.31. The number of nitrogens with zero attached hydrogens (tertiary/aromatic N) is 2. The van der Waals surface area contributed by atoms with Crippen molar-refractivity contribution in [3.8, 4) is 0 Å². The lowest BCUT2D eigenvalue weighted by Gasteiger charge is -2.01. The van der Waals surface area contributed by atoms with E-state index in [0.29, 0.717) is 21.9 Å². The van der Waals surface area contributed by atoms with E-state index >= 15 is 0 Å². The van der Waals surface area contributed by atoms with Crippen molar-refractivity contribution in [2.24, 2.45) is 0 Å². The molecule has 1 N–H and O–H groups in total. The molecular weight excluding hydrogens is 256 g/mol. The summed E-state index contributed by atoms with van der Waals surface area (Å²) in [6.07, 6.45) is 1.34. The molecule has 0 fully saturated rings. The summed E-state index contributed by atoms with van der Waals surface area (Å²) in [6.45, 7) is 0. The number of fused-ring (bicyclic) bond motifs is 3. The van der Waals surface area contributed by atoms with Crippen LogP contribution in [0.2, 0.25) is 0 Å². The van der Waals surface area contributed by atoms with Crippen LogP contribution in [0, 0.1) is 0 Å². The largest absolute Gasteiger partial charge is 0.478 e. The number of carboxylic acid groups (broad SMARTS) is 1. The highest BCUT2D eigenvalue weighted by atomic mass is 16.4. The highest BCUT2D eigenvalue weighted by molar-refractivity contribution is 6.19. The minimum atomic E-state index is -1.05. The molecule has 5 heteroatoms. The molecular formula is C15H8N2O3. The molecule has 0 aliphatic heterocycles. The number of benzene rings is 1. The Kier molecular flexibility index (Phi) is 1.93. The second-order valence-corrected chi connectivity index (χ2v) is 4.61. The SMILES string of the molecule is O=C(O)c1cnc2ccc(=O)n3c4ccccc4c1c23. The number of hydrogen-bond donors (Lipinski definition) is 1. The van der Waals surface area contributed by atoms with Gasteiger partial charge < -0.3 is 5.11 Å². The average molecular weight is 264 g/mol. The van der Waals surface area contributed by atoms with Crippen LogP contribution in [0.15, 0.2) is 47.4 Å². The summed E-state index contributed by atoms with van der Waals surface area (Å²) in [5, 5.41) is 10.7. The Labute approximate surface area is 112 Å². The molecule has 1 aromatic carbocycles. The number of hydrogen-bond acceptors (Lipinski definition) is 3. The number of carbonyl (C=O) groups is 1. The fourth-order valence-corrected chi connectivity index (χ4v) is 2.75. The van der Waals surface area contributed by atoms with E-state index in [1.54, 1.807) is 6.07 Å². The summed E-state index contributed by atoms with van der Waals surface area (Å²) in [5.41, 5.74) is 1.81. The second-order valence-electron chi connectivity index (χ2n) is 4.61. The number of carboxylic acids is 1. The fourth-order valence-electron chi connectivity index (χ4n) is 2.75. The minimum absolute atomic E-state index is 0.113. The van der Waals surface area contributed by atoms with Crippen molar-refractivity contribution in [1.82, 2.24) is 9.38 Å². The Balaban J connectivity index is 2.49. The summed E-state index contributed by atoms with van der Waals surface area (Å²) >= 11 is 0. The Bertz CT molecular complexity index is 1050. The number of rotatable bonds is 1. The topological polar surface area (TPSA) is 71.7 Å². The van der Waals surface area contributed by atoms with Crippen molar-refractivity contribution in [2.75, 3.05) is 0 Å². The molecule has 96 valence electrons. The lowest BCUT2D eigenvalue weighted by atomic mass is 10.1. The third-order valence-electron chi connectivity index (χ3n) is 3.55. The van der Waals surface area contributed by atoms with E-state index in [2.05, 4.69) is 4.98 Å². The maximum absolute atomic E-state index is 12.1. The van der Waals surface area contributed by atoms with Crippen LogP contribution in [-0.2, 0) is 0 Å². The molecule has 0 saturated heterocycles. The summed E-state index contributed by atoms with van der Waals surface area (Å²) in [4.78, 5) is 27.7. The lowest BCUT2D eigenvalue weighted by Crippen LogP contribution is -2.11. The normalized spacial score (nSPS) is 11.6. The third kappa shape index (κ3) is 1.19. The van der Waals surface area contributed by atoms with Gasteiger partial charge in [0.15, 0.2) is 0 Å². The molecule has 0 saturated carbocycles. The monoisotopic (exact) mass is 264 g/mol. The fraction of sp³-hybridized carbons (Fsp3) is 0. The molecule has 3 heterocycles. The van der Waals surface area contributed by atoms with Gasteiger partial charge in [-0.25, -0.2) is 4.79 Å². The molecule has 0 unspecified atom stereocenters. The molecule has 0 bridgehead atoms. The molecule has 5 nitrogen and oxygen atoms in total. The van der Waals surface area contributed by atoms with Crippen molar-refractivity contribution >= 4 is 33.3 Å². The van der Waals surface area contributed by atoms with Crippen LogP contribution in [0.25, 0.3) is 27.3 Å². The zero-order valence-corrected chi connectivity index (χ0v) is 10.2. The van der Waals surface area contributed by atoms with Gasteiger partial charge in [0.25, 0.3) is 5.56 Å². The first kappa shape index (κ1) is 10.9. The van der Waals surface area contributed by atoms with Crippen LogP contribution < -0.4 is 5.56 Å². The van der Waals surface area contributed by atoms with E-state index in [1.807, 2.05) is 24.3 Å². The molecule has 0 spiro atoms. The van der Waals surface area contributed by atoms with Gasteiger partial charge in [0.2, 0.25) is 0 Å². The lowest BCUT2D eigenvalue weighted by molar-refractivity contribution is 0.0699. The van der Waals surface area contributed by atoms with Gasteiger partial charge in [-0.05, 0) is 12.1 Å². The molecule has 4 aromatic rings. The van der Waals surface area contributed by atoms with Crippen LogP contribution in [-0.4, -0.2) is 20.5 Å². The van der Waals surface area contributed by atoms with Crippen LogP contribution in [0.4, 0.5) is 0 Å². The minimum Gasteiger partial charge on any atom is -0.478 e. The van der Waals surface area contributed by atoms with Crippen LogP contribution in [0.3, 0.4) is 0 Å². The van der Waals surface area contributed by atoms with Gasteiger partial charge in [0.05, 0.1) is 22.1 Å². The predicted molar refractivity (Wildman–Crippen MR) is 74.6 cm³/mol. The van der Waals surface area contributed by atoms with E-state index in [9.17, 15) is 14.7 Å². The van der Waals surface area contributed by atoms with E-state index in [-0.39, 0.29) is 11.1 Å². The predicted octanol–water partition coefficient (Wildman–Crippen LogP) is 2.14. The Morgan fingerprint density at radius 2 is 1.95 bits per heavy atom. The van der Waals surface area contributed by atoms with Crippen LogP contribution in [0.1, 0.15) is 10.4 Å². The standard InChI is InChI=1S/C15H8N2O3/c18-12-6-5-10-14-13(9(7-16-10)15(19)20)8-3-1-2-4-11(8)17(12)14/h1-7H,(H,19,20). The zero-order valence-electron chi connectivity index (χ0n) is 10.2. The number of aromatic carboxylic acids is 1. The molecule has 0 atom stereocenters. The average Bonchev–Trinajstić information content (AvgIpc) is 2.80.